The van der Waals surface area contributed by atoms with Gasteiger partial charge in [-0.3, -0.25) is 5.32 Å². The van der Waals surface area contributed by atoms with Crippen molar-refractivity contribution >= 4 is 10.9 Å². The Labute approximate surface area is 82.8 Å². The molecule has 2 rings (SSSR count). The van der Waals surface area contributed by atoms with E-state index < -0.39 is 0 Å². The third-order valence-electron chi connectivity index (χ3n) is 2.44. The first-order chi connectivity index (χ1) is 6.83. The van der Waals surface area contributed by atoms with Crippen LogP contribution in [0.4, 0.5) is 0 Å². The number of hydrogen-bond donors (Lipinski definition) is 3. The molecule has 0 fully saturated rings. The average Bonchev–Trinajstić information content (AvgIpc) is 2.51. The lowest BCUT2D eigenvalue weighted by Gasteiger charge is -2.00. The van der Waals surface area contributed by atoms with Crippen molar-refractivity contribution in [1.29, 1.82) is 0 Å². The fraction of sp³-hybridized carbons (Fsp3) is 0.273. The molecular formula is C11H14N2O. The molecule has 14 heavy (non-hydrogen) atoms. The standard InChI is InChI=1S/C11H14N2O/c1-8-10(6-12-7-14)9-4-2-3-5-11(9)13-8/h2-5,12-14H,6-7H2,1H3. The number of benzene rings is 1. The van der Waals surface area contributed by atoms with Crippen LogP contribution in [-0.4, -0.2) is 16.8 Å². The van der Waals surface area contributed by atoms with Crippen molar-refractivity contribution in [3.05, 3.63) is 35.5 Å². The van der Waals surface area contributed by atoms with E-state index in [4.69, 9.17) is 5.11 Å². The van der Waals surface area contributed by atoms with Gasteiger partial charge in [-0.2, -0.15) is 0 Å². The van der Waals surface area contributed by atoms with Gasteiger partial charge >= 0.3 is 0 Å². The van der Waals surface area contributed by atoms with Gasteiger partial charge < -0.3 is 10.1 Å². The summed E-state index contributed by atoms with van der Waals surface area (Å²) >= 11 is 0. The molecule has 0 saturated carbocycles. The molecule has 0 amide bonds. The average molecular weight is 190 g/mol. The maximum atomic E-state index is 8.71. The Morgan fingerprint density at radius 3 is 2.93 bits per heavy atom. The second-order valence-corrected chi connectivity index (χ2v) is 3.36. The number of H-pyrrole nitrogens is 1. The molecule has 2 aromatic rings. The van der Waals surface area contributed by atoms with E-state index in [0.29, 0.717) is 6.54 Å². The van der Waals surface area contributed by atoms with Gasteiger partial charge in [-0.15, -0.1) is 0 Å². The topological polar surface area (TPSA) is 48.0 Å². The summed E-state index contributed by atoms with van der Waals surface area (Å²) in [6, 6.07) is 8.19. The number of nitrogens with one attached hydrogen (secondary N) is 2. The van der Waals surface area contributed by atoms with E-state index in [1.54, 1.807) is 0 Å². The van der Waals surface area contributed by atoms with Gasteiger partial charge in [-0.1, -0.05) is 18.2 Å². The number of aliphatic hydroxyl groups excluding tert-OH is 1. The monoisotopic (exact) mass is 190 g/mol. The lowest BCUT2D eigenvalue weighted by molar-refractivity contribution is 0.259. The molecule has 1 aromatic heterocycles. The summed E-state index contributed by atoms with van der Waals surface area (Å²) in [5, 5.41) is 12.9. The Balaban J connectivity index is 2.45. The summed E-state index contributed by atoms with van der Waals surface area (Å²) in [7, 11) is 0. The zero-order valence-corrected chi connectivity index (χ0v) is 8.17. The molecule has 3 nitrogen and oxygen atoms in total. The van der Waals surface area contributed by atoms with Gasteiger partial charge in [0.2, 0.25) is 0 Å². The number of aliphatic hydroxyl groups is 1. The van der Waals surface area contributed by atoms with Gasteiger partial charge in [0.1, 0.15) is 0 Å². The fourth-order valence-electron chi connectivity index (χ4n) is 1.74. The Morgan fingerprint density at radius 1 is 1.36 bits per heavy atom. The maximum Gasteiger partial charge on any atom is 0.0934 e. The zero-order valence-electron chi connectivity index (χ0n) is 8.17. The second kappa shape index (κ2) is 3.82. The number of fused-ring (bicyclic) bond motifs is 1. The molecule has 0 saturated heterocycles. The highest BCUT2D eigenvalue weighted by Gasteiger charge is 2.06. The Morgan fingerprint density at radius 2 is 2.14 bits per heavy atom. The van der Waals surface area contributed by atoms with Gasteiger partial charge in [-0.25, -0.2) is 0 Å². The van der Waals surface area contributed by atoms with Crippen LogP contribution in [0.1, 0.15) is 11.3 Å². The molecule has 0 atom stereocenters. The molecule has 1 heterocycles. The summed E-state index contributed by atoms with van der Waals surface area (Å²) < 4.78 is 0. The quantitative estimate of drug-likeness (QED) is 0.642. The number of para-hydroxylation sites is 1. The van der Waals surface area contributed by atoms with Crippen LogP contribution in [0.25, 0.3) is 10.9 Å². The smallest absolute Gasteiger partial charge is 0.0934 e. The van der Waals surface area contributed by atoms with Crippen molar-refractivity contribution in [3.8, 4) is 0 Å². The second-order valence-electron chi connectivity index (χ2n) is 3.36. The predicted molar refractivity (Wildman–Crippen MR) is 57.0 cm³/mol. The molecule has 0 bridgehead atoms. The lowest BCUT2D eigenvalue weighted by Crippen LogP contribution is -2.14. The van der Waals surface area contributed by atoms with Crippen molar-refractivity contribution in [2.24, 2.45) is 0 Å². The van der Waals surface area contributed by atoms with Crippen molar-refractivity contribution in [2.45, 2.75) is 13.5 Å². The van der Waals surface area contributed by atoms with Gasteiger partial charge in [0, 0.05) is 23.1 Å². The highest BCUT2D eigenvalue weighted by Crippen LogP contribution is 2.21. The van der Waals surface area contributed by atoms with Crippen LogP contribution in [0, 0.1) is 6.92 Å². The molecule has 0 aliphatic heterocycles. The number of hydrogen-bond acceptors (Lipinski definition) is 2. The molecule has 1 aromatic carbocycles. The van der Waals surface area contributed by atoms with E-state index in [-0.39, 0.29) is 6.73 Å². The highest BCUT2D eigenvalue weighted by atomic mass is 16.3. The number of rotatable bonds is 3. The van der Waals surface area contributed by atoms with E-state index in [1.807, 2.05) is 19.1 Å². The molecule has 0 aliphatic rings. The van der Waals surface area contributed by atoms with E-state index >= 15 is 0 Å². The summed E-state index contributed by atoms with van der Waals surface area (Å²) in [4.78, 5) is 3.31. The largest absolute Gasteiger partial charge is 0.381 e. The fourth-order valence-corrected chi connectivity index (χ4v) is 1.74. The van der Waals surface area contributed by atoms with Gasteiger partial charge in [0.15, 0.2) is 0 Å². The third kappa shape index (κ3) is 1.52. The zero-order chi connectivity index (χ0) is 9.97. The minimum absolute atomic E-state index is 0.0128. The minimum Gasteiger partial charge on any atom is -0.381 e. The summed E-state index contributed by atoms with van der Waals surface area (Å²) in [6.45, 7) is 2.76. The molecule has 3 heteroatoms. The Kier molecular flexibility index (Phi) is 2.52. The normalized spacial score (nSPS) is 11.0. The van der Waals surface area contributed by atoms with Crippen LogP contribution < -0.4 is 5.32 Å². The van der Waals surface area contributed by atoms with Crippen LogP contribution in [-0.2, 0) is 6.54 Å². The summed E-state index contributed by atoms with van der Waals surface area (Å²) in [6.07, 6.45) is 0. The molecule has 0 aliphatic carbocycles. The first kappa shape index (κ1) is 9.24. The van der Waals surface area contributed by atoms with Gasteiger partial charge in [-0.05, 0) is 18.6 Å². The number of aromatic nitrogens is 1. The Bertz CT molecular complexity index is 434. The molecule has 0 spiro atoms. The van der Waals surface area contributed by atoms with Gasteiger partial charge in [0.25, 0.3) is 0 Å². The first-order valence-corrected chi connectivity index (χ1v) is 4.70. The van der Waals surface area contributed by atoms with Crippen molar-refractivity contribution in [2.75, 3.05) is 6.73 Å². The van der Waals surface area contributed by atoms with E-state index in [2.05, 4.69) is 22.4 Å². The van der Waals surface area contributed by atoms with E-state index in [1.165, 1.54) is 10.9 Å². The minimum atomic E-state index is 0.0128. The van der Waals surface area contributed by atoms with Crippen LogP contribution >= 0.6 is 0 Å². The highest BCUT2D eigenvalue weighted by molar-refractivity contribution is 5.84. The first-order valence-electron chi connectivity index (χ1n) is 4.70. The lowest BCUT2D eigenvalue weighted by atomic mass is 10.1. The number of aryl methyl sites for hydroxylation is 1. The maximum absolute atomic E-state index is 8.71. The third-order valence-corrected chi connectivity index (χ3v) is 2.44. The van der Waals surface area contributed by atoms with Crippen molar-refractivity contribution in [1.82, 2.24) is 10.3 Å². The van der Waals surface area contributed by atoms with Crippen LogP contribution in [0.15, 0.2) is 24.3 Å². The van der Waals surface area contributed by atoms with Crippen LogP contribution in [0.2, 0.25) is 0 Å². The van der Waals surface area contributed by atoms with Crippen molar-refractivity contribution < 1.29 is 5.11 Å². The van der Waals surface area contributed by atoms with Crippen LogP contribution in [0.3, 0.4) is 0 Å². The number of aromatic amines is 1. The SMILES string of the molecule is Cc1[nH]c2ccccc2c1CNCO. The predicted octanol–water partition coefficient (Wildman–Crippen LogP) is 1.52. The molecular weight excluding hydrogens is 176 g/mol. The van der Waals surface area contributed by atoms with Crippen molar-refractivity contribution in [3.63, 3.8) is 0 Å². The van der Waals surface area contributed by atoms with Gasteiger partial charge in [0.05, 0.1) is 6.73 Å². The van der Waals surface area contributed by atoms with E-state index in [0.717, 1.165) is 11.2 Å². The van der Waals surface area contributed by atoms with E-state index in [9.17, 15) is 0 Å². The molecule has 0 unspecified atom stereocenters. The summed E-state index contributed by atoms with van der Waals surface area (Å²) in [5.74, 6) is 0. The summed E-state index contributed by atoms with van der Waals surface area (Å²) in [5.41, 5.74) is 3.54. The molecule has 0 radical (unpaired) electrons. The molecule has 3 N–H and O–H groups in total. The Hall–Kier alpha value is -1.32. The molecule has 74 valence electrons. The van der Waals surface area contributed by atoms with Crippen LogP contribution in [0.5, 0.6) is 0 Å².